The number of aliphatic carboxylic acids is 1. The number of nitrogens with zero attached hydrogens (tertiary/aromatic N) is 1. The van der Waals surface area contributed by atoms with E-state index in [0.717, 1.165) is 30.3 Å². The van der Waals surface area contributed by atoms with Gasteiger partial charge in [0, 0.05) is 24.2 Å². The number of rotatable bonds is 6. The van der Waals surface area contributed by atoms with Gasteiger partial charge in [-0.15, -0.1) is 0 Å². The Kier molecular flexibility index (Phi) is 8.10. The molecule has 1 saturated heterocycles. The van der Waals surface area contributed by atoms with E-state index in [1.807, 2.05) is 6.92 Å². The number of hydrogen-bond donors (Lipinski definition) is 2. The molecule has 0 spiro atoms. The summed E-state index contributed by atoms with van der Waals surface area (Å²) in [5, 5.41) is 11.1. The Morgan fingerprint density at radius 3 is 2.18 bits per heavy atom. The topological polar surface area (TPSA) is 86.7 Å². The molecule has 242 valence electrons. The highest BCUT2D eigenvalue weighted by atomic mass is 32.2. The van der Waals surface area contributed by atoms with Crippen molar-refractivity contribution >= 4 is 15.8 Å². The molecule has 1 heterocycles. The van der Waals surface area contributed by atoms with Crippen LogP contribution >= 0.6 is 0 Å². The second-order valence-corrected chi connectivity index (χ2v) is 14.1. The molecule has 5 atom stereocenters. The summed E-state index contributed by atoms with van der Waals surface area (Å²) in [7, 11) is -4.47. The van der Waals surface area contributed by atoms with Gasteiger partial charge in [0.05, 0.1) is 10.8 Å². The van der Waals surface area contributed by atoms with E-state index >= 15 is 0 Å². The highest BCUT2D eigenvalue weighted by Gasteiger charge is 2.73. The molecule has 0 aromatic heterocycles. The highest BCUT2D eigenvalue weighted by molar-refractivity contribution is 7.92. The summed E-state index contributed by atoms with van der Waals surface area (Å²) in [5.74, 6) is -2.25. The van der Waals surface area contributed by atoms with Crippen molar-refractivity contribution in [3.05, 3.63) is 65.0 Å². The predicted molar refractivity (Wildman–Crippen MR) is 141 cm³/mol. The molecule has 0 bridgehead atoms. The zero-order valence-corrected chi connectivity index (χ0v) is 24.2. The van der Waals surface area contributed by atoms with Gasteiger partial charge in [0.15, 0.2) is 9.84 Å². The minimum Gasteiger partial charge on any atom is -0.481 e. The fraction of sp³-hybridized carbons (Fsp3) is 0.552. The Morgan fingerprint density at radius 2 is 1.61 bits per heavy atom. The standard InChI is InChI=1S/C29H30F8N2O4S/c1-16-14-18(25(40)41)2-10-23(16)38-39-13-12-26(44(42,43)21-7-5-20(30)6-8-21)22-9-4-19(15-17(22)3-11-24(26)39)27(31,28(32,33)34)29(35,36)37/h4-9,15-16,18,23-24,38H,2-3,10-14H2,1H3,(H,40,41)/t16-,18+,23+,24+,26+/m0/s1. The van der Waals surface area contributed by atoms with Crippen molar-refractivity contribution in [3.8, 4) is 0 Å². The molecule has 2 aromatic rings. The Balaban J connectivity index is 1.60. The van der Waals surface area contributed by atoms with Gasteiger partial charge in [-0.25, -0.2) is 22.2 Å². The molecule has 2 aliphatic carbocycles. The van der Waals surface area contributed by atoms with E-state index in [1.165, 1.54) is 0 Å². The third-order valence-electron chi connectivity index (χ3n) is 9.52. The molecule has 2 fully saturated rings. The van der Waals surface area contributed by atoms with Gasteiger partial charge in [-0.2, -0.15) is 26.3 Å². The van der Waals surface area contributed by atoms with Crippen LogP contribution in [0.4, 0.5) is 35.1 Å². The van der Waals surface area contributed by atoms with Gasteiger partial charge in [-0.1, -0.05) is 25.1 Å². The molecule has 1 saturated carbocycles. The van der Waals surface area contributed by atoms with Gasteiger partial charge in [0.25, 0.3) is 0 Å². The lowest BCUT2D eigenvalue weighted by atomic mass is 9.77. The molecule has 0 amide bonds. The summed E-state index contributed by atoms with van der Waals surface area (Å²) in [6, 6.07) is 4.54. The summed E-state index contributed by atoms with van der Waals surface area (Å²) in [5.41, 5.74) is -4.22. The van der Waals surface area contributed by atoms with Crippen LogP contribution in [0.15, 0.2) is 47.4 Å². The molecule has 1 aliphatic heterocycles. The Morgan fingerprint density at radius 1 is 0.977 bits per heavy atom. The number of hydrogen-bond acceptors (Lipinski definition) is 5. The number of fused-ring (bicyclic) bond motifs is 3. The number of hydrazine groups is 1. The molecule has 6 nitrogen and oxygen atoms in total. The van der Waals surface area contributed by atoms with E-state index in [1.54, 1.807) is 5.01 Å². The van der Waals surface area contributed by atoms with Gasteiger partial charge in [-0.05, 0) is 79.8 Å². The lowest BCUT2D eigenvalue weighted by molar-refractivity contribution is -0.348. The number of halogens is 8. The average Bonchev–Trinajstić information content (AvgIpc) is 3.32. The maximum Gasteiger partial charge on any atom is 0.435 e. The minimum absolute atomic E-state index is 0.0138. The van der Waals surface area contributed by atoms with E-state index < -0.39 is 61.9 Å². The zero-order chi connectivity index (χ0) is 32.5. The van der Waals surface area contributed by atoms with Crippen molar-refractivity contribution in [3.63, 3.8) is 0 Å². The first kappa shape index (κ1) is 32.6. The van der Waals surface area contributed by atoms with Crippen LogP contribution in [-0.4, -0.2) is 55.5 Å². The van der Waals surface area contributed by atoms with Gasteiger partial charge in [0.1, 0.15) is 10.6 Å². The first-order valence-electron chi connectivity index (χ1n) is 14.1. The largest absolute Gasteiger partial charge is 0.481 e. The molecule has 3 aliphatic rings. The number of sulfone groups is 1. The maximum atomic E-state index is 15.0. The third-order valence-corrected chi connectivity index (χ3v) is 12.1. The second kappa shape index (κ2) is 10.9. The highest BCUT2D eigenvalue weighted by Crippen LogP contribution is 2.56. The van der Waals surface area contributed by atoms with Crippen LogP contribution in [0.5, 0.6) is 0 Å². The number of carboxylic acid groups (broad SMARTS) is 1. The van der Waals surface area contributed by atoms with Crippen molar-refractivity contribution in [1.82, 2.24) is 10.4 Å². The fourth-order valence-corrected chi connectivity index (χ4v) is 9.60. The summed E-state index contributed by atoms with van der Waals surface area (Å²) in [6.45, 7) is 1.99. The third kappa shape index (κ3) is 4.98. The lowest BCUT2D eigenvalue weighted by Crippen LogP contribution is -2.57. The predicted octanol–water partition coefficient (Wildman–Crippen LogP) is 6.20. The Labute approximate surface area is 248 Å². The first-order chi connectivity index (χ1) is 20.3. The number of nitrogens with one attached hydrogen (secondary N) is 1. The maximum absolute atomic E-state index is 15.0. The Bertz CT molecular complexity index is 1520. The van der Waals surface area contributed by atoms with Crippen molar-refractivity contribution < 1.29 is 53.4 Å². The van der Waals surface area contributed by atoms with Gasteiger partial charge >= 0.3 is 24.0 Å². The van der Waals surface area contributed by atoms with Crippen LogP contribution < -0.4 is 5.43 Å². The Hall–Kier alpha value is -2.78. The number of carbonyl (C=O) groups is 1. The number of carboxylic acids is 1. The van der Waals surface area contributed by atoms with Crippen LogP contribution in [0.1, 0.15) is 55.7 Å². The van der Waals surface area contributed by atoms with Crippen molar-refractivity contribution in [2.45, 2.75) is 85.2 Å². The molecule has 15 heteroatoms. The zero-order valence-electron chi connectivity index (χ0n) is 23.4. The van der Waals surface area contributed by atoms with Crippen molar-refractivity contribution in [1.29, 1.82) is 0 Å². The van der Waals surface area contributed by atoms with E-state index in [2.05, 4.69) is 5.43 Å². The summed E-state index contributed by atoms with van der Waals surface area (Å²) < 4.78 is 137. The quantitative estimate of drug-likeness (QED) is 0.285. The molecule has 0 radical (unpaired) electrons. The molecule has 2 aromatic carbocycles. The van der Waals surface area contributed by atoms with Gasteiger partial charge in [0.2, 0.25) is 0 Å². The molecule has 0 unspecified atom stereocenters. The number of aryl methyl sites for hydroxylation is 1. The monoisotopic (exact) mass is 654 g/mol. The molecular formula is C29H30F8N2O4S. The van der Waals surface area contributed by atoms with Crippen LogP contribution in [0, 0.1) is 17.7 Å². The van der Waals surface area contributed by atoms with Gasteiger partial charge in [-0.3, -0.25) is 10.2 Å². The van der Waals surface area contributed by atoms with Gasteiger partial charge < -0.3 is 5.11 Å². The second-order valence-electron chi connectivity index (χ2n) is 11.9. The van der Waals surface area contributed by atoms with E-state index in [0.29, 0.717) is 31.4 Å². The van der Waals surface area contributed by atoms with Crippen molar-refractivity contribution in [2.24, 2.45) is 11.8 Å². The summed E-state index contributed by atoms with van der Waals surface area (Å²) in [4.78, 5) is 11.2. The summed E-state index contributed by atoms with van der Waals surface area (Å²) in [6.07, 6.45) is -11.7. The van der Waals surface area contributed by atoms with Crippen LogP contribution in [0.2, 0.25) is 0 Å². The molecule has 44 heavy (non-hydrogen) atoms. The van der Waals surface area contributed by atoms with E-state index in [4.69, 9.17) is 0 Å². The van der Waals surface area contributed by atoms with Crippen LogP contribution in [0.25, 0.3) is 0 Å². The molecular weight excluding hydrogens is 624 g/mol. The minimum atomic E-state index is -6.33. The SMILES string of the molecule is C[C@H]1C[C@H](C(=O)O)CC[C@H]1NN1CC[C@@]2(S(=O)(=O)c3ccc(F)cc3)c3ccc(C(F)(C(F)(F)F)C(F)(F)F)cc3CC[C@@H]12. The summed E-state index contributed by atoms with van der Waals surface area (Å²) >= 11 is 0. The number of alkyl halides is 7. The van der Waals surface area contributed by atoms with Crippen molar-refractivity contribution in [2.75, 3.05) is 6.54 Å². The lowest BCUT2D eigenvalue weighted by Gasteiger charge is -2.45. The van der Waals surface area contributed by atoms with E-state index in [9.17, 15) is 53.4 Å². The van der Waals surface area contributed by atoms with Crippen LogP contribution in [-0.2, 0) is 31.5 Å². The normalized spacial score (nSPS) is 28.4. The molecule has 2 N–H and O–H groups in total. The smallest absolute Gasteiger partial charge is 0.435 e. The fourth-order valence-electron chi connectivity index (χ4n) is 7.23. The number of benzene rings is 2. The first-order valence-corrected chi connectivity index (χ1v) is 15.5. The van der Waals surface area contributed by atoms with E-state index in [-0.39, 0.29) is 53.8 Å². The average molecular weight is 655 g/mol. The van der Waals surface area contributed by atoms with Crippen LogP contribution in [0.3, 0.4) is 0 Å². The molecule has 5 rings (SSSR count).